The summed E-state index contributed by atoms with van der Waals surface area (Å²) in [4.78, 5) is 11.8. The average molecular weight is 250 g/mol. The lowest BCUT2D eigenvalue weighted by atomic mass is 10.1. The van der Waals surface area contributed by atoms with Gasteiger partial charge in [-0.1, -0.05) is 18.2 Å². The van der Waals surface area contributed by atoms with Crippen LogP contribution in [0.1, 0.15) is 28.4 Å². The van der Waals surface area contributed by atoms with E-state index in [4.69, 9.17) is 11.6 Å². The molecule has 0 bridgehead atoms. The van der Waals surface area contributed by atoms with Gasteiger partial charge in [-0.3, -0.25) is 9.89 Å². The standard InChI is InChI=1S/C12H12ClN3O/c1-8(13)9-4-2-3-5-10(9)15-12(17)11-6-7-14-16-11/h2-8H,1H3,(H,14,16)(H,15,17). The topological polar surface area (TPSA) is 57.8 Å². The highest BCUT2D eigenvalue weighted by atomic mass is 35.5. The molecule has 0 saturated carbocycles. The molecule has 2 N–H and O–H groups in total. The fourth-order valence-corrected chi connectivity index (χ4v) is 1.72. The summed E-state index contributed by atoms with van der Waals surface area (Å²) in [5.41, 5.74) is 2.03. The van der Waals surface area contributed by atoms with Gasteiger partial charge in [0.25, 0.3) is 5.91 Å². The number of anilines is 1. The summed E-state index contributed by atoms with van der Waals surface area (Å²) in [6, 6.07) is 9.07. The Balaban J connectivity index is 2.22. The normalized spacial score (nSPS) is 12.1. The van der Waals surface area contributed by atoms with Gasteiger partial charge < -0.3 is 5.32 Å². The SMILES string of the molecule is CC(Cl)c1ccccc1NC(=O)c1ccn[nH]1. The van der Waals surface area contributed by atoms with Crippen molar-refractivity contribution in [3.63, 3.8) is 0 Å². The van der Waals surface area contributed by atoms with Gasteiger partial charge in [0.2, 0.25) is 0 Å². The van der Waals surface area contributed by atoms with Crippen molar-refractivity contribution >= 4 is 23.2 Å². The molecule has 5 heteroatoms. The molecule has 0 aliphatic rings. The molecule has 0 radical (unpaired) electrons. The Hall–Kier alpha value is -1.81. The number of aromatic nitrogens is 2. The molecule has 1 heterocycles. The van der Waals surface area contributed by atoms with Gasteiger partial charge in [0.05, 0.1) is 5.38 Å². The quantitative estimate of drug-likeness (QED) is 0.822. The molecule has 1 amide bonds. The minimum absolute atomic E-state index is 0.159. The molecule has 0 aliphatic carbocycles. The number of amides is 1. The fraction of sp³-hybridized carbons (Fsp3) is 0.167. The van der Waals surface area contributed by atoms with Crippen LogP contribution in [0.2, 0.25) is 0 Å². The van der Waals surface area contributed by atoms with E-state index < -0.39 is 0 Å². The minimum atomic E-state index is -0.229. The van der Waals surface area contributed by atoms with Crippen LogP contribution in [0.15, 0.2) is 36.5 Å². The number of para-hydroxylation sites is 1. The molecule has 1 atom stereocenters. The maximum atomic E-state index is 11.8. The second kappa shape index (κ2) is 5.01. The molecule has 0 aliphatic heterocycles. The molecule has 1 unspecified atom stereocenters. The Morgan fingerprint density at radius 3 is 2.82 bits per heavy atom. The van der Waals surface area contributed by atoms with Crippen LogP contribution in [0.25, 0.3) is 0 Å². The first-order chi connectivity index (χ1) is 8.18. The fourth-order valence-electron chi connectivity index (χ4n) is 1.53. The number of hydrogen-bond donors (Lipinski definition) is 2. The van der Waals surface area contributed by atoms with Gasteiger partial charge in [0.15, 0.2) is 0 Å². The summed E-state index contributed by atoms with van der Waals surface area (Å²) < 4.78 is 0. The molecular formula is C12H12ClN3O. The largest absolute Gasteiger partial charge is 0.320 e. The van der Waals surface area contributed by atoms with E-state index in [1.807, 2.05) is 31.2 Å². The minimum Gasteiger partial charge on any atom is -0.320 e. The van der Waals surface area contributed by atoms with E-state index >= 15 is 0 Å². The number of nitrogens with one attached hydrogen (secondary N) is 2. The Bertz CT molecular complexity index is 508. The predicted molar refractivity (Wildman–Crippen MR) is 67.3 cm³/mol. The zero-order chi connectivity index (χ0) is 12.3. The Labute approximate surface area is 104 Å². The second-order valence-electron chi connectivity index (χ2n) is 3.63. The van der Waals surface area contributed by atoms with Crippen molar-refractivity contribution in [2.75, 3.05) is 5.32 Å². The van der Waals surface area contributed by atoms with Crippen molar-refractivity contribution in [3.8, 4) is 0 Å². The van der Waals surface area contributed by atoms with Gasteiger partial charge >= 0.3 is 0 Å². The summed E-state index contributed by atoms with van der Waals surface area (Å²) in [6.45, 7) is 1.86. The van der Waals surface area contributed by atoms with Crippen molar-refractivity contribution in [1.29, 1.82) is 0 Å². The summed E-state index contributed by atoms with van der Waals surface area (Å²) in [7, 11) is 0. The highest BCUT2D eigenvalue weighted by Gasteiger charge is 2.12. The molecule has 0 spiro atoms. The monoisotopic (exact) mass is 249 g/mol. The first-order valence-corrected chi connectivity index (χ1v) is 5.66. The van der Waals surface area contributed by atoms with E-state index in [9.17, 15) is 4.79 Å². The number of H-pyrrole nitrogens is 1. The lowest BCUT2D eigenvalue weighted by Crippen LogP contribution is -2.13. The number of aromatic amines is 1. The average Bonchev–Trinajstić information content (AvgIpc) is 2.83. The Morgan fingerprint density at radius 2 is 2.18 bits per heavy atom. The van der Waals surface area contributed by atoms with Gasteiger partial charge in [-0.25, -0.2) is 0 Å². The number of hydrogen-bond acceptors (Lipinski definition) is 2. The van der Waals surface area contributed by atoms with Crippen molar-refractivity contribution in [2.45, 2.75) is 12.3 Å². The van der Waals surface area contributed by atoms with E-state index in [0.717, 1.165) is 11.3 Å². The predicted octanol–water partition coefficient (Wildman–Crippen LogP) is 2.96. The maximum Gasteiger partial charge on any atom is 0.273 e. The van der Waals surface area contributed by atoms with E-state index in [-0.39, 0.29) is 11.3 Å². The number of carbonyl (C=O) groups excluding carboxylic acids is 1. The van der Waals surface area contributed by atoms with E-state index in [0.29, 0.717) is 5.69 Å². The van der Waals surface area contributed by atoms with Crippen LogP contribution < -0.4 is 5.32 Å². The number of rotatable bonds is 3. The van der Waals surface area contributed by atoms with Crippen LogP contribution in [0.3, 0.4) is 0 Å². The highest BCUT2D eigenvalue weighted by molar-refractivity contribution is 6.21. The molecule has 1 aromatic heterocycles. The van der Waals surface area contributed by atoms with Crippen molar-refractivity contribution < 1.29 is 4.79 Å². The molecule has 4 nitrogen and oxygen atoms in total. The smallest absolute Gasteiger partial charge is 0.273 e. The van der Waals surface area contributed by atoms with Crippen LogP contribution in [0.4, 0.5) is 5.69 Å². The van der Waals surface area contributed by atoms with Crippen LogP contribution in [0, 0.1) is 0 Å². The molecule has 88 valence electrons. The van der Waals surface area contributed by atoms with E-state index in [1.165, 1.54) is 6.20 Å². The molecular weight excluding hydrogens is 238 g/mol. The molecule has 0 fully saturated rings. The molecule has 2 aromatic rings. The van der Waals surface area contributed by atoms with Gasteiger partial charge in [0.1, 0.15) is 5.69 Å². The van der Waals surface area contributed by atoms with Gasteiger partial charge in [0, 0.05) is 11.9 Å². The zero-order valence-electron chi connectivity index (χ0n) is 9.27. The summed E-state index contributed by atoms with van der Waals surface area (Å²) >= 11 is 6.05. The van der Waals surface area contributed by atoms with Crippen molar-refractivity contribution in [2.24, 2.45) is 0 Å². The van der Waals surface area contributed by atoms with Gasteiger partial charge in [-0.2, -0.15) is 5.10 Å². The molecule has 0 saturated heterocycles. The number of carbonyl (C=O) groups is 1. The lowest BCUT2D eigenvalue weighted by Gasteiger charge is -2.11. The van der Waals surface area contributed by atoms with Crippen LogP contribution >= 0.6 is 11.6 Å². The third-order valence-corrected chi connectivity index (χ3v) is 2.62. The maximum absolute atomic E-state index is 11.8. The number of alkyl halides is 1. The second-order valence-corrected chi connectivity index (χ2v) is 4.28. The van der Waals surface area contributed by atoms with Crippen LogP contribution in [0.5, 0.6) is 0 Å². The van der Waals surface area contributed by atoms with Gasteiger partial charge in [-0.15, -0.1) is 11.6 Å². The van der Waals surface area contributed by atoms with E-state index in [2.05, 4.69) is 15.5 Å². The Kier molecular flexibility index (Phi) is 3.44. The molecule has 2 rings (SSSR count). The summed E-state index contributed by atoms with van der Waals surface area (Å²) in [6.07, 6.45) is 1.53. The zero-order valence-corrected chi connectivity index (χ0v) is 10.0. The highest BCUT2D eigenvalue weighted by Crippen LogP contribution is 2.27. The number of nitrogens with zero attached hydrogens (tertiary/aromatic N) is 1. The third kappa shape index (κ3) is 2.65. The van der Waals surface area contributed by atoms with Crippen LogP contribution in [-0.2, 0) is 0 Å². The van der Waals surface area contributed by atoms with E-state index in [1.54, 1.807) is 6.07 Å². The Morgan fingerprint density at radius 1 is 1.41 bits per heavy atom. The number of halogens is 1. The summed E-state index contributed by atoms with van der Waals surface area (Å²) in [5.74, 6) is -0.229. The third-order valence-electron chi connectivity index (χ3n) is 2.38. The van der Waals surface area contributed by atoms with Crippen molar-refractivity contribution in [3.05, 3.63) is 47.8 Å². The summed E-state index contributed by atoms with van der Waals surface area (Å²) in [5, 5.41) is 8.98. The van der Waals surface area contributed by atoms with Crippen LogP contribution in [-0.4, -0.2) is 16.1 Å². The van der Waals surface area contributed by atoms with Gasteiger partial charge in [-0.05, 0) is 24.6 Å². The van der Waals surface area contributed by atoms with Crippen molar-refractivity contribution in [1.82, 2.24) is 10.2 Å². The molecule has 1 aromatic carbocycles. The first-order valence-electron chi connectivity index (χ1n) is 5.22. The number of benzene rings is 1. The lowest BCUT2D eigenvalue weighted by molar-refractivity contribution is 0.102. The molecule has 17 heavy (non-hydrogen) atoms. The first kappa shape index (κ1) is 11.7.